The van der Waals surface area contributed by atoms with Crippen molar-refractivity contribution in [2.75, 3.05) is 0 Å². The van der Waals surface area contributed by atoms with Gasteiger partial charge >= 0.3 is 0 Å². The van der Waals surface area contributed by atoms with E-state index in [1.807, 2.05) is 31.2 Å². The molecule has 2 heterocycles. The van der Waals surface area contributed by atoms with Crippen molar-refractivity contribution in [2.45, 2.75) is 11.9 Å². The monoisotopic (exact) mass is 272 g/mol. The van der Waals surface area contributed by atoms with Crippen molar-refractivity contribution in [3.63, 3.8) is 0 Å². The number of aromatic nitrogens is 6. The van der Waals surface area contributed by atoms with E-state index >= 15 is 0 Å². The first-order valence-electron chi connectivity index (χ1n) is 5.73. The minimum atomic E-state index is 0.519. The molecule has 0 saturated heterocycles. The van der Waals surface area contributed by atoms with Crippen molar-refractivity contribution >= 4 is 12.6 Å². The quantitative estimate of drug-likeness (QED) is 0.721. The largest absolute Gasteiger partial charge is 0.227 e. The third-order valence-electron chi connectivity index (χ3n) is 2.77. The van der Waals surface area contributed by atoms with Gasteiger partial charge in [0.15, 0.2) is 0 Å². The lowest BCUT2D eigenvalue weighted by molar-refractivity contribution is 0.630. The van der Waals surface area contributed by atoms with Crippen molar-refractivity contribution in [1.29, 1.82) is 0 Å². The maximum atomic E-state index is 4.50. The zero-order valence-electron chi connectivity index (χ0n) is 10.5. The Kier molecular flexibility index (Phi) is 2.83. The predicted molar refractivity (Wildman–Crippen MR) is 73.3 cm³/mol. The average Bonchev–Trinajstić information content (AvgIpc) is 2.97. The number of benzene rings is 1. The van der Waals surface area contributed by atoms with Crippen LogP contribution in [0.15, 0.2) is 35.5 Å². The van der Waals surface area contributed by atoms with E-state index in [4.69, 9.17) is 0 Å². The molecule has 0 aliphatic heterocycles. The van der Waals surface area contributed by atoms with Crippen LogP contribution in [0.4, 0.5) is 0 Å². The molecule has 6 nitrogen and oxygen atoms in total. The van der Waals surface area contributed by atoms with Gasteiger partial charge in [0.25, 0.3) is 0 Å². The number of thiol groups is 1. The predicted octanol–water partition coefficient (Wildman–Crippen LogP) is 1.66. The first-order chi connectivity index (χ1) is 9.15. The summed E-state index contributed by atoms with van der Waals surface area (Å²) in [5, 5.41) is 17.0. The summed E-state index contributed by atoms with van der Waals surface area (Å²) in [6, 6.07) is 8.06. The third kappa shape index (κ3) is 2.12. The van der Waals surface area contributed by atoms with Crippen LogP contribution in [0.5, 0.6) is 0 Å². The summed E-state index contributed by atoms with van der Waals surface area (Å²) in [6.07, 6.45) is 1.69. The van der Waals surface area contributed by atoms with Gasteiger partial charge in [0.2, 0.25) is 5.82 Å². The molecule has 0 radical (unpaired) electrons. The Hall–Kier alpha value is -2.15. The second-order valence-electron chi connectivity index (χ2n) is 4.23. The normalized spacial score (nSPS) is 10.9. The molecule has 7 heteroatoms. The molecule has 0 atom stereocenters. The summed E-state index contributed by atoms with van der Waals surface area (Å²) in [5.41, 5.74) is 2.91. The number of aryl methyl sites for hydroxylation is 2. The smallest absolute Gasteiger partial charge is 0.209 e. The van der Waals surface area contributed by atoms with E-state index in [1.165, 1.54) is 10.4 Å². The number of tetrazole rings is 1. The molecule has 3 aromatic rings. The van der Waals surface area contributed by atoms with Gasteiger partial charge in [-0.05, 0) is 24.3 Å². The highest BCUT2D eigenvalue weighted by Crippen LogP contribution is 2.25. The molecule has 0 aliphatic carbocycles. The van der Waals surface area contributed by atoms with Crippen LogP contribution in [0, 0.1) is 6.92 Å². The van der Waals surface area contributed by atoms with Gasteiger partial charge in [0, 0.05) is 0 Å². The van der Waals surface area contributed by atoms with Gasteiger partial charge in [-0.25, -0.2) is 4.68 Å². The summed E-state index contributed by atoms with van der Waals surface area (Å²) < 4.78 is 1.74. The Bertz CT molecular complexity index is 712. The Morgan fingerprint density at radius 2 is 1.89 bits per heavy atom. The van der Waals surface area contributed by atoms with Gasteiger partial charge in [-0.1, -0.05) is 17.7 Å². The average molecular weight is 272 g/mol. The van der Waals surface area contributed by atoms with Gasteiger partial charge < -0.3 is 0 Å². The Balaban J connectivity index is 2.06. The second kappa shape index (κ2) is 4.51. The molecular weight excluding hydrogens is 260 g/mol. The molecule has 0 N–H and O–H groups in total. The zero-order valence-corrected chi connectivity index (χ0v) is 11.4. The molecule has 2 aromatic heterocycles. The maximum absolute atomic E-state index is 4.50. The third-order valence-corrected chi connectivity index (χ3v) is 3.20. The SMILES string of the molecule is Cc1ccc(-n2ncc(-c3nnn(C)n3)c2S)cc1. The Morgan fingerprint density at radius 1 is 1.16 bits per heavy atom. The van der Waals surface area contributed by atoms with Crippen LogP contribution in [0.3, 0.4) is 0 Å². The van der Waals surface area contributed by atoms with Gasteiger partial charge in [-0.15, -0.1) is 22.8 Å². The molecule has 0 bridgehead atoms. The van der Waals surface area contributed by atoms with Crippen molar-refractivity contribution in [2.24, 2.45) is 7.05 Å². The first-order valence-corrected chi connectivity index (χ1v) is 6.18. The lowest BCUT2D eigenvalue weighted by Crippen LogP contribution is -1.96. The number of hydrogen-bond donors (Lipinski definition) is 1. The van der Waals surface area contributed by atoms with Crippen molar-refractivity contribution in [1.82, 2.24) is 30.0 Å². The first kappa shape index (κ1) is 11.9. The lowest BCUT2D eigenvalue weighted by Gasteiger charge is -2.04. The standard InChI is InChI=1S/C12H12N6S/c1-8-3-5-9(6-4-8)18-12(19)10(7-13-18)11-14-16-17(2)15-11/h3-7,19H,1-2H3. The highest BCUT2D eigenvalue weighted by molar-refractivity contribution is 7.80. The van der Waals surface area contributed by atoms with E-state index in [0.29, 0.717) is 10.9 Å². The van der Waals surface area contributed by atoms with E-state index in [0.717, 1.165) is 11.3 Å². The topological polar surface area (TPSA) is 61.4 Å². The number of hydrogen-bond acceptors (Lipinski definition) is 5. The molecule has 0 aliphatic rings. The van der Waals surface area contributed by atoms with Crippen LogP contribution in [-0.2, 0) is 7.05 Å². The van der Waals surface area contributed by atoms with Crippen LogP contribution >= 0.6 is 12.6 Å². The van der Waals surface area contributed by atoms with E-state index in [9.17, 15) is 0 Å². The molecule has 1 aromatic carbocycles. The lowest BCUT2D eigenvalue weighted by atomic mass is 10.2. The van der Waals surface area contributed by atoms with Crippen LogP contribution in [0.2, 0.25) is 0 Å². The highest BCUT2D eigenvalue weighted by Gasteiger charge is 2.14. The molecule has 96 valence electrons. The van der Waals surface area contributed by atoms with Crippen LogP contribution in [-0.4, -0.2) is 30.0 Å². The molecule has 0 saturated carbocycles. The van der Waals surface area contributed by atoms with E-state index in [-0.39, 0.29) is 0 Å². The summed E-state index contributed by atoms with van der Waals surface area (Å²) >= 11 is 4.50. The van der Waals surface area contributed by atoms with Crippen LogP contribution < -0.4 is 0 Å². The molecule has 19 heavy (non-hydrogen) atoms. The highest BCUT2D eigenvalue weighted by atomic mass is 32.1. The van der Waals surface area contributed by atoms with Gasteiger partial charge in [0.1, 0.15) is 5.03 Å². The zero-order chi connectivity index (χ0) is 13.4. The molecule has 0 fully saturated rings. The van der Waals surface area contributed by atoms with Crippen molar-refractivity contribution < 1.29 is 0 Å². The Labute approximate surface area is 115 Å². The second-order valence-corrected chi connectivity index (χ2v) is 4.66. The molecule has 0 unspecified atom stereocenters. The van der Waals surface area contributed by atoms with Crippen LogP contribution in [0.1, 0.15) is 5.56 Å². The Morgan fingerprint density at radius 3 is 2.53 bits per heavy atom. The van der Waals surface area contributed by atoms with E-state index < -0.39 is 0 Å². The fraction of sp³-hybridized carbons (Fsp3) is 0.167. The molecule has 0 amide bonds. The van der Waals surface area contributed by atoms with Gasteiger partial charge in [0.05, 0.1) is 24.5 Å². The maximum Gasteiger partial charge on any atom is 0.209 e. The molecule has 3 rings (SSSR count). The van der Waals surface area contributed by atoms with Crippen LogP contribution in [0.25, 0.3) is 17.1 Å². The van der Waals surface area contributed by atoms with Crippen molar-refractivity contribution in [3.8, 4) is 17.1 Å². The fourth-order valence-corrected chi connectivity index (χ4v) is 2.09. The summed E-state index contributed by atoms with van der Waals surface area (Å²) in [7, 11) is 1.72. The summed E-state index contributed by atoms with van der Waals surface area (Å²) in [5.74, 6) is 0.519. The minimum Gasteiger partial charge on any atom is -0.227 e. The minimum absolute atomic E-state index is 0.519. The molecular formula is C12H12N6S. The van der Waals surface area contributed by atoms with E-state index in [2.05, 4.69) is 33.1 Å². The number of nitrogens with zero attached hydrogens (tertiary/aromatic N) is 6. The van der Waals surface area contributed by atoms with Crippen molar-refractivity contribution in [3.05, 3.63) is 36.0 Å². The van der Waals surface area contributed by atoms with Gasteiger partial charge in [-0.2, -0.15) is 9.90 Å². The van der Waals surface area contributed by atoms with Gasteiger partial charge in [-0.3, -0.25) is 0 Å². The summed E-state index contributed by atoms with van der Waals surface area (Å²) in [6.45, 7) is 2.05. The summed E-state index contributed by atoms with van der Waals surface area (Å²) in [4.78, 5) is 1.41. The number of rotatable bonds is 2. The fourth-order valence-electron chi connectivity index (χ4n) is 1.77. The molecule has 0 spiro atoms. The van der Waals surface area contributed by atoms with E-state index in [1.54, 1.807) is 17.9 Å².